The SMILES string of the molecule is C[C@@]12C[C@@H](c3ccoc3)OC(=O)[C@H]1CC[C@@]1(C)C(=O)CC=C[C@@H]21. The maximum absolute atomic E-state index is 12.6. The second-order valence-electron chi connectivity index (χ2n) is 7.73. The van der Waals surface area contributed by atoms with Gasteiger partial charge in [-0.25, -0.2) is 0 Å². The molecule has 4 nitrogen and oxygen atoms in total. The van der Waals surface area contributed by atoms with Gasteiger partial charge >= 0.3 is 5.97 Å². The Morgan fingerprint density at radius 1 is 1.26 bits per heavy atom. The van der Waals surface area contributed by atoms with Crippen molar-refractivity contribution in [1.29, 1.82) is 0 Å². The van der Waals surface area contributed by atoms with E-state index in [9.17, 15) is 9.59 Å². The van der Waals surface area contributed by atoms with Crippen molar-refractivity contribution in [3.63, 3.8) is 0 Å². The molecule has 5 atom stereocenters. The standard InChI is InChI=1S/C19H22O4/c1-18-8-6-13-17(21)23-14(12-7-9-22-11-12)10-19(13,2)15(18)4-3-5-16(18)20/h3-4,7,9,11,13-15H,5-6,8,10H2,1-2H3/t13-,14+,15-,18-,19-/m1/s1. The van der Waals surface area contributed by atoms with E-state index in [-0.39, 0.29) is 34.7 Å². The van der Waals surface area contributed by atoms with E-state index < -0.39 is 0 Å². The summed E-state index contributed by atoms with van der Waals surface area (Å²) in [6.45, 7) is 4.24. The van der Waals surface area contributed by atoms with Gasteiger partial charge in [0.25, 0.3) is 0 Å². The lowest BCUT2D eigenvalue weighted by Crippen LogP contribution is -2.57. The van der Waals surface area contributed by atoms with Crippen molar-refractivity contribution in [3.05, 3.63) is 36.3 Å². The van der Waals surface area contributed by atoms with Gasteiger partial charge in [0.05, 0.1) is 18.4 Å². The lowest BCUT2D eigenvalue weighted by Gasteiger charge is -2.57. The molecule has 1 saturated carbocycles. The summed E-state index contributed by atoms with van der Waals surface area (Å²) in [5.41, 5.74) is 0.298. The van der Waals surface area contributed by atoms with Crippen molar-refractivity contribution in [2.75, 3.05) is 0 Å². The van der Waals surface area contributed by atoms with Crippen LogP contribution in [0.5, 0.6) is 0 Å². The number of ketones is 1. The molecule has 0 bridgehead atoms. The number of carbonyl (C=O) groups excluding carboxylic acids is 2. The number of furan rings is 1. The summed E-state index contributed by atoms with van der Waals surface area (Å²) in [6.07, 6.45) is 9.89. The number of Topliss-reactive ketones (excluding diaryl/α,β-unsaturated/α-hetero) is 1. The summed E-state index contributed by atoms with van der Waals surface area (Å²) >= 11 is 0. The van der Waals surface area contributed by atoms with Gasteiger partial charge in [-0.3, -0.25) is 9.59 Å². The van der Waals surface area contributed by atoms with Crippen LogP contribution in [0.3, 0.4) is 0 Å². The fourth-order valence-electron chi connectivity index (χ4n) is 5.13. The van der Waals surface area contributed by atoms with Gasteiger partial charge in [0.15, 0.2) is 0 Å². The monoisotopic (exact) mass is 314 g/mol. The lowest BCUT2D eigenvalue weighted by atomic mass is 9.47. The van der Waals surface area contributed by atoms with Gasteiger partial charge < -0.3 is 9.15 Å². The molecule has 1 aromatic rings. The van der Waals surface area contributed by atoms with Crippen molar-refractivity contribution in [3.8, 4) is 0 Å². The van der Waals surface area contributed by atoms with Crippen LogP contribution >= 0.6 is 0 Å². The number of allylic oxidation sites excluding steroid dienone is 2. The first kappa shape index (κ1) is 14.7. The van der Waals surface area contributed by atoms with Gasteiger partial charge in [0.1, 0.15) is 11.9 Å². The maximum Gasteiger partial charge on any atom is 0.310 e. The van der Waals surface area contributed by atoms with Crippen molar-refractivity contribution in [2.45, 2.75) is 45.6 Å². The third-order valence-electron chi connectivity index (χ3n) is 6.50. The molecule has 1 aromatic heterocycles. The first-order chi connectivity index (χ1) is 10.9. The highest BCUT2D eigenvalue weighted by atomic mass is 16.5. The topological polar surface area (TPSA) is 56.5 Å². The predicted octanol–water partition coefficient (Wildman–Crippen LogP) is 3.84. The van der Waals surface area contributed by atoms with Gasteiger partial charge in [-0.15, -0.1) is 0 Å². The molecule has 4 heteroatoms. The van der Waals surface area contributed by atoms with Crippen LogP contribution in [0, 0.1) is 22.7 Å². The summed E-state index contributed by atoms with van der Waals surface area (Å²) in [6, 6.07) is 1.85. The molecule has 2 aliphatic carbocycles. The van der Waals surface area contributed by atoms with Crippen LogP contribution in [-0.4, -0.2) is 11.8 Å². The van der Waals surface area contributed by atoms with Gasteiger partial charge in [-0.05, 0) is 36.7 Å². The van der Waals surface area contributed by atoms with E-state index in [0.29, 0.717) is 12.2 Å². The first-order valence-electron chi connectivity index (χ1n) is 8.38. The van der Waals surface area contributed by atoms with Crippen molar-refractivity contribution in [1.82, 2.24) is 0 Å². The second-order valence-corrected chi connectivity index (χ2v) is 7.73. The van der Waals surface area contributed by atoms with E-state index in [0.717, 1.165) is 24.8 Å². The number of esters is 1. The smallest absolute Gasteiger partial charge is 0.310 e. The molecule has 4 rings (SSSR count). The van der Waals surface area contributed by atoms with E-state index >= 15 is 0 Å². The van der Waals surface area contributed by atoms with E-state index in [1.807, 2.05) is 12.1 Å². The molecule has 0 radical (unpaired) electrons. The van der Waals surface area contributed by atoms with Crippen LogP contribution in [0.4, 0.5) is 0 Å². The highest BCUT2D eigenvalue weighted by molar-refractivity contribution is 5.88. The minimum atomic E-state index is -0.349. The second kappa shape index (κ2) is 4.83. The van der Waals surface area contributed by atoms with Gasteiger partial charge in [0, 0.05) is 17.4 Å². The minimum Gasteiger partial charge on any atom is -0.472 e. The van der Waals surface area contributed by atoms with Crippen molar-refractivity contribution in [2.24, 2.45) is 22.7 Å². The summed E-state index contributed by atoms with van der Waals surface area (Å²) in [7, 11) is 0. The summed E-state index contributed by atoms with van der Waals surface area (Å²) in [5.74, 6) is 0.151. The average Bonchev–Trinajstić information content (AvgIpc) is 3.03. The lowest BCUT2D eigenvalue weighted by molar-refractivity contribution is -0.189. The van der Waals surface area contributed by atoms with Crippen LogP contribution in [-0.2, 0) is 14.3 Å². The fraction of sp³-hybridized carbons (Fsp3) is 0.579. The Hall–Kier alpha value is -1.84. The van der Waals surface area contributed by atoms with Gasteiger partial charge in [-0.1, -0.05) is 26.0 Å². The molecule has 23 heavy (non-hydrogen) atoms. The van der Waals surface area contributed by atoms with E-state index in [1.54, 1.807) is 12.5 Å². The Labute approximate surface area is 135 Å². The third-order valence-corrected chi connectivity index (χ3v) is 6.50. The van der Waals surface area contributed by atoms with Gasteiger partial charge in [0.2, 0.25) is 0 Å². The Kier molecular flexibility index (Phi) is 3.09. The van der Waals surface area contributed by atoms with Crippen LogP contribution < -0.4 is 0 Å². The van der Waals surface area contributed by atoms with Crippen LogP contribution in [0.1, 0.15) is 51.2 Å². The zero-order valence-corrected chi connectivity index (χ0v) is 13.6. The van der Waals surface area contributed by atoms with Crippen LogP contribution in [0.25, 0.3) is 0 Å². The Morgan fingerprint density at radius 3 is 2.83 bits per heavy atom. The molecule has 3 aliphatic rings. The van der Waals surface area contributed by atoms with Crippen molar-refractivity contribution >= 4 is 11.8 Å². The summed E-state index contributed by atoms with van der Waals surface area (Å²) in [5, 5.41) is 0. The maximum atomic E-state index is 12.6. The third kappa shape index (κ3) is 1.97. The molecule has 122 valence electrons. The summed E-state index contributed by atoms with van der Waals surface area (Å²) in [4.78, 5) is 25.2. The molecule has 0 amide bonds. The molecule has 0 N–H and O–H groups in total. The summed E-state index contributed by atoms with van der Waals surface area (Å²) < 4.78 is 10.9. The fourth-order valence-corrected chi connectivity index (χ4v) is 5.13. The molecule has 1 saturated heterocycles. The number of carbonyl (C=O) groups is 2. The van der Waals surface area contributed by atoms with E-state index in [1.165, 1.54) is 0 Å². The number of fused-ring (bicyclic) bond motifs is 3. The molecule has 0 unspecified atom stereocenters. The van der Waals surface area contributed by atoms with Crippen molar-refractivity contribution < 1.29 is 18.7 Å². The molecule has 2 heterocycles. The average molecular weight is 314 g/mol. The van der Waals surface area contributed by atoms with E-state index in [4.69, 9.17) is 9.15 Å². The molecule has 0 spiro atoms. The van der Waals surface area contributed by atoms with Gasteiger partial charge in [-0.2, -0.15) is 0 Å². The minimum absolute atomic E-state index is 0.0947. The molecular weight excluding hydrogens is 292 g/mol. The van der Waals surface area contributed by atoms with Crippen LogP contribution in [0.2, 0.25) is 0 Å². The molecular formula is C19H22O4. The normalized spacial score (nSPS) is 42.8. The highest BCUT2D eigenvalue weighted by Gasteiger charge is 2.61. The molecule has 2 fully saturated rings. The number of hydrogen-bond donors (Lipinski definition) is 0. The quantitative estimate of drug-likeness (QED) is 0.584. The predicted molar refractivity (Wildman–Crippen MR) is 83.4 cm³/mol. The zero-order chi connectivity index (χ0) is 16.2. The van der Waals surface area contributed by atoms with Crippen LogP contribution in [0.15, 0.2) is 35.2 Å². The number of ether oxygens (including phenoxy) is 1. The zero-order valence-electron chi connectivity index (χ0n) is 13.6. The Morgan fingerprint density at radius 2 is 2.09 bits per heavy atom. The number of cyclic esters (lactones) is 1. The first-order valence-corrected chi connectivity index (χ1v) is 8.38. The Balaban J connectivity index is 1.75. The number of hydrogen-bond acceptors (Lipinski definition) is 4. The Bertz CT molecular complexity index is 674. The number of rotatable bonds is 1. The van der Waals surface area contributed by atoms with E-state index in [2.05, 4.69) is 19.9 Å². The highest BCUT2D eigenvalue weighted by Crippen LogP contribution is 2.62. The molecule has 1 aliphatic heterocycles. The largest absolute Gasteiger partial charge is 0.472 e. The molecule has 0 aromatic carbocycles.